The van der Waals surface area contributed by atoms with Gasteiger partial charge in [0.15, 0.2) is 5.78 Å². The molecule has 10 heavy (non-hydrogen) atoms. The summed E-state index contributed by atoms with van der Waals surface area (Å²) in [5, 5.41) is 8.66. The molecule has 0 spiro atoms. The Kier molecular flexibility index (Phi) is 3.10. The van der Waals surface area contributed by atoms with Gasteiger partial charge in [0.05, 0.1) is 0 Å². The van der Waals surface area contributed by atoms with Gasteiger partial charge in [-0.05, 0) is 13.8 Å². The highest BCUT2D eigenvalue weighted by molar-refractivity contribution is 5.87. The van der Waals surface area contributed by atoms with Crippen LogP contribution in [0.15, 0.2) is 11.8 Å². The molecule has 0 radical (unpaired) electrons. The van der Waals surface area contributed by atoms with Crippen LogP contribution in [-0.4, -0.2) is 10.9 Å². The lowest BCUT2D eigenvalue weighted by molar-refractivity contribution is -0.742. The Bertz CT molecular complexity index is 184. The molecule has 0 unspecified atom stereocenters. The molecule has 0 aliphatic rings. The molecule has 0 N–H and O–H groups in total. The molecule has 0 saturated heterocycles. The summed E-state index contributed by atoms with van der Waals surface area (Å²) in [5.41, 5.74) is 0. The summed E-state index contributed by atoms with van der Waals surface area (Å²) in [6.07, 6.45) is 1.04. The summed E-state index contributed by atoms with van der Waals surface area (Å²) in [5.74, 6) is -0.295. The summed E-state index contributed by atoms with van der Waals surface area (Å²) >= 11 is 0. The van der Waals surface area contributed by atoms with Crippen molar-refractivity contribution < 1.29 is 14.7 Å². The highest BCUT2D eigenvalue weighted by atomic mass is 17.0. The zero-order valence-electron chi connectivity index (χ0n) is 5.66. The maximum Gasteiger partial charge on any atom is 0.299 e. The summed E-state index contributed by atoms with van der Waals surface area (Å²) in [7, 11) is 0. The molecule has 0 aliphatic carbocycles. The van der Waals surface area contributed by atoms with Crippen molar-refractivity contribution in [1.29, 1.82) is 0 Å². The molecule has 0 bridgehead atoms. The van der Waals surface area contributed by atoms with Crippen LogP contribution < -0.4 is 0 Å². The first-order valence-electron chi connectivity index (χ1n) is 2.53. The SMILES string of the molecule is CC(=O)/C=C(\C)O[N+](=O)[O-]. The minimum Gasteiger partial charge on any atom is -0.295 e. The van der Waals surface area contributed by atoms with Crippen LogP contribution in [0.4, 0.5) is 0 Å². The minimum absolute atomic E-state index is 0.0162. The number of carbonyl (C=O) groups is 1. The smallest absolute Gasteiger partial charge is 0.295 e. The van der Waals surface area contributed by atoms with Gasteiger partial charge in [-0.3, -0.25) is 9.63 Å². The van der Waals surface area contributed by atoms with Crippen molar-refractivity contribution in [2.75, 3.05) is 0 Å². The average molecular weight is 145 g/mol. The molecule has 0 heterocycles. The van der Waals surface area contributed by atoms with Gasteiger partial charge < -0.3 is 0 Å². The van der Waals surface area contributed by atoms with E-state index >= 15 is 0 Å². The van der Waals surface area contributed by atoms with E-state index in [1.807, 2.05) is 0 Å². The summed E-state index contributed by atoms with van der Waals surface area (Å²) < 4.78 is 0. The number of rotatable bonds is 3. The zero-order valence-corrected chi connectivity index (χ0v) is 5.66. The number of carbonyl (C=O) groups excluding carboxylic acids is 1. The lowest BCUT2D eigenvalue weighted by atomic mass is 10.4. The largest absolute Gasteiger partial charge is 0.299 e. The molecular weight excluding hydrogens is 138 g/mol. The topological polar surface area (TPSA) is 69.4 Å². The molecule has 0 atom stereocenters. The van der Waals surface area contributed by atoms with E-state index < -0.39 is 5.09 Å². The quantitative estimate of drug-likeness (QED) is 0.253. The van der Waals surface area contributed by atoms with E-state index in [9.17, 15) is 14.9 Å². The van der Waals surface area contributed by atoms with Crippen LogP contribution in [0, 0.1) is 10.1 Å². The molecule has 0 fully saturated rings. The van der Waals surface area contributed by atoms with Crippen LogP contribution in [0.3, 0.4) is 0 Å². The normalized spacial score (nSPS) is 10.8. The molecule has 0 amide bonds. The molecule has 0 aromatic rings. The van der Waals surface area contributed by atoms with Crippen molar-refractivity contribution in [2.24, 2.45) is 0 Å². The van der Waals surface area contributed by atoms with Crippen molar-refractivity contribution in [1.82, 2.24) is 0 Å². The second kappa shape index (κ2) is 3.60. The third-order valence-corrected chi connectivity index (χ3v) is 0.625. The van der Waals surface area contributed by atoms with Crippen LogP contribution in [0.2, 0.25) is 0 Å². The summed E-state index contributed by atoms with van der Waals surface area (Å²) in [6.45, 7) is 2.62. The standard InChI is InChI=1S/C5H7NO4/c1-4(7)3-5(2)10-6(8)9/h3H,1-2H3/b5-3+. The molecular formula is C5H7NO4. The van der Waals surface area contributed by atoms with Gasteiger partial charge in [-0.15, -0.1) is 10.1 Å². The number of hydrogen-bond donors (Lipinski definition) is 0. The van der Waals surface area contributed by atoms with Gasteiger partial charge in [-0.1, -0.05) is 0 Å². The first-order chi connectivity index (χ1) is 4.52. The van der Waals surface area contributed by atoms with Crippen molar-refractivity contribution in [3.8, 4) is 0 Å². The van der Waals surface area contributed by atoms with Crippen LogP contribution in [0.25, 0.3) is 0 Å². The third-order valence-electron chi connectivity index (χ3n) is 0.625. The van der Waals surface area contributed by atoms with Gasteiger partial charge in [-0.25, -0.2) is 0 Å². The second-order valence-corrected chi connectivity index (χ2v) is 1.68. The van der Waals surface area contributed by atoms with E-state index in [-0.39, 0.29) is 11.5 Å². The molecule has 0 aromatic heterocycles. The molecule has 0 aromatic carbocycles. The summed E-state index contributed by atoms with van der Waals surface area (Å²) in [6, 6.07) is 0. The lowest BCUT2D eigenvalue weighted by Crippen LogP contribution is -1.99. The summed E-state index contributed by atoms with van der Waals surface area (Å²) in [4.78, 5) is 23.8. The average Bonchev–Trinajstić information content (AvgIpc) is 1.58. The molecule has 0 aliphatic heterocycles. The van der Waals surface area contributed by atoms with E-state index in [1.165, 1.54) is 13.8 Å². The Labute approximate surface area is 57.4 Å². The fourth-order valence-corrected chi connectivity index (χ4v) is 0.430. The molecule has 5 heteroatoms. The van der Waals surface area contributed by atoms with Crippen LogP contribution in [0.5, 0.6) is 0 Å². The first kappa shape index (κ1) is 8.61. The van der Waals surface area contributed by atoms with Crippen LogP contribution in [-0.2, 0) is 9.63 Å². The maximum absolute atomic E-state index is 10.3. The molecule has 0 saturated carbocycles. The van der Waals surface area contributed by atoms with E-state index in [1.54, 1.807) is 0 Å². The second-order valence-electron chi connectivity index (χ2n) is 1.68. The van der Waals surface area contributed by atoms with Crippen molar-refractivity contribution in [3.05, 3.63) is 21.9 Å². The Hall–Kier alpha value is -1.39. The number of allylic oxidation sites excluding steroid dienone is 2. The zero-order chi connectivity index (χ0) is 8.15. The Balaban J connectivity index is 3.95. The van der Waals surface area contributed by atoms with Gasteiger partial charge in [0, 0.05) is 6.08 Å². The fraction of sp³-hybridized carbons (Fsp3) is 0.400. The Morgan fingerprint density at radius 2 is 2.10 bits per heavy atom. The van der Waals surface area contributed by atoms with Crippen molar-refractivity contribution in [3.63, 3.8) is 0 Å². The van der Waals surface area contributed by atoms with Crippen molar-refractivity contribution >= 4 is 5.78 Å². The Morgan fingerprint density at radius 3 is 2.40 bits per heavy atom. The van der Waals surface area contributed by atoms with E-state index in [0.717, 1.165) is 6.08 Å². The van der Waals surface area contributed by atoms with Crippen molar-refractivity contribution in [2.45, 2.75) is 13.8 Å². The third kappa shape index (κ3) is 4.76. The molecule has 5 nitrogen and oxygen atoms in total. The highest BCUT2D eigenvalue weighted by Gasteiger charge is 1.96. The predicted molar refractivity (Wildman–Crippen MR) is 32.5 cm³/mol. The van der Waals surface area contributed by atoms with E-state index in [0.29, 0.717) is 0 Å². The molecule has 56 valence electrons. The highest BCUT2D eigenvalue weighted by Crippen LogP contribution is 1.94. The lowest BCUT2D eigenvalue weighted by Gasteiger charge is -1.93. The maximum atomic E-state index is 10.3. The minimum atomic E-state index is -0.964. The number of nitrogens with zero attached hydrogens (tertiary/aromatic N) is 1. The van der Waals surface area contributed by atoms with Crippen LogP contribution in [0.1, 0.15) is 13.8 Å². The van der Waals surface area contributed by atoms with E-state index in [2.05, 4.69) is 4.84 Å². The van der Waals surface area contributed by atoms with Gasteiger partial charge in [0.25, 0.3) is 5.09 Å². The monoisotopic (exact) mass is 145 g/mol. The number of hydrogen-bond acceptors (Lipinski definition) is 4. The first-order valence-corrected chi connectivity index (χ1v) is 2.53. The van der Waals surface area contributed by atoms with Gasteiger partial charge in [0.2, 0.25) is 0 Å². The molecule has 0 rings (SSSR count). The van der Waals surface area contributed by atoms with Gasteiger partial charge in [0.1, 0.15) is 5.76 Å². The van der Waals surface area contributed by atoms with E-state index in [4.69, 9.17) is 0 Å². The van der Waals surface area contributed by atoms with Gasteiger partial charge >= 0.3 is 0 Å². The number of ketones is 1. The fourth-order valence-electron chi connectivity index (χ4n) is 0.430. The van der Waals surface area contributed by atoms with Gasteiger partial charge in [-0.2, -0.15) is 0 Å². The Morgan fingerprint density at radius 1 is 1.60 bits per heavy atom. The predicted octanol–water partition coefficient (Wildman–Crippen LogP) is 0.688. The van der Waals surface area contributed by atoms with Crippen LogP contribution >= 0.6 is 0 Å².